The molecule has 5 heteroatoms. The number of fused-ring (bicyclic) bond motifs is 7. The number of hydrogen-bond donors (Lipinski definition) is 0. The monoisotopic (exact) mass is 324 g/mol. The minimum atomic E-state index is 0.863. The fraction of sp³-hybridized carbons (Fsp3) is 0.0500. The van der Waals surface area contributed by atoms with E-state index in [0.29, 0.717) is 0 Å². The van der Waals surface area contributed by atoms with Crippen molar-refractivity contribution in [1.29, 1.82) is 0 Å². The van der Waals surface area contributed by atoms with E-state index < -0.39 is 0 Å². The third-order valence-corrected chi connectivity index (χ3v) is 4.94. The van der Waals surface area contributed by atoms with Crippen LogP contribution in [-0.2, 0) is 6.54 Å². The van der Waals surface area contributed by atoms with Gasteiger partial charge >= 0.3 is 0 Å². The summed E-state index contributed by atoms with van der Waals surface area (Å²) in [5, 5.41) is 0. The quantitative estimate of drug-likeness (QED) is 0.436. The van der Waals surface area contributed by atoms with E-state index in [2.05, 4.69) is 66.2 Å². The van der Waals surface area contributed by atoms with E-state index in [-0.39, 0.29) is 0 Å². The maximum absolute atomic E-state index is 4.66. The average molecular weight is 324 g/mol. The van der Waals surface area contributed by atoms with E-state index in [9.17, 15) is 0 Å². The van der Waals surface area contributed by atoms with Crippen LogP contribution in [0.15, 0.2) is 73.4 Å². The predicted molar refractivity (Wildman–Crippen MR) is 94.6 cm³/mol. The fourth-order valence-electron chi connectivity index (χ4n) is 3.92. The molecule has 5 nitrogen and oxygen atoms in total. The van der Waals surface area contributed by atoms with Crippen molar-refractivity contribution >= 4 is 16.7 Å². The van der Waals surface area contributed by atoms with E-state index in [4.69, 9.17) is 0 Å². The number of benzene rings is 1. The Morgan fingerprint density at radius 1 is 0.920 bits per heavy atom. The molecule has 0 amide bonds. The number of rotatable bonds is 1. The highest BCUT2D eigenvalue weighted by Crippen LogP contribution is 2.33. The van der Waals surface area contributed by atoms with Gasteiger partial charge in [0.2, 0.25) is 5.69 Å². The van der Waals surface area contributed by atoms with Gasteiger partial charge in [-0.1, -0.05) is 24.3 Å². The minimum Gasteiger partial charge on any atom is -0.268 e. The topological polar surface area (TPSA) is 39.0 Å². The van der Waals surface area contributed by atoms with E-state index in [1.54, 1.807) is 0 Å². The second kappa shape index (κ2) is 4.54. The highest BCUT2D eigenvalue weighted by molar-refractivity contribution is 5.88. The van der Waals surface area contributed by atoms with Crippen LogP contribution in [0.1, 0.15) is 5.56 Å². The van der Waals surface area contributed by atoms with Gasteiger partial charge in [0.25, 0.3) is 12.0 Å². The minimum absolute atomic E-state index is 0.863. The molecule has 0 bridgehead atoms. The zero-order chi connectivity index (χ0) is 16.4. The van der Waals surface area contributed by atoms with E-state index in [1.165, 1.54) is 5.56 Å². The smallest absolute Gasteiger partial charge is 0.261 e. The van der Waals surface area contributed by atoms with Crippen LogP contribution in [-0.4, -0.2) is 18.9 Å². The van der Waals surface area contributed by atoms with Gasteiger partial charge in [0, 0.05) is 29.7 Å². The van der Waals surface area contributed by atoms with Gasteiger partial charge in [0.05, 0.1) is 6.20 Å². The lowest BCUT2D eigenvalue weighted by Gasteiger charge is -2.04. The van der Waals surface area contributed by atoms with Crippen molar-refractivity contribution in [3.8, 4) is 17.1 Å². The number of nitrogens with zero attached hydrogens (tertiary/aromatic N) is 5. The van der Waals surface area contributed by atoms with Crippen LogP contribution in [0.4, 0.5) is 0 Å². The summed E-state index contributed by atoms with van der Waals surface area (Å²) in [7, 11) is 0. The van der Waals surface area contributed by atoms with Gasteiger partial charge in [-0.15, -0.1) is 0 Å². The second-order valence-corrected chi connectivity index (χ2v) is 6.33. The Kier molecular flexibility index (Phi) is 2.34. The molecular formula is C20H14N5+. The van der Waals surface area contributed by atoms with Gasteiger partial charge in [0.1, 0.15) is 17.8 Å². The molecule has 0 fully saturated rings. The molecule has 0 radical (unpaired) electrons. The molecule has 0 aliphatic carbocycles. The highest BCUT2D eigenvalue weighted by atomic mass is 15.2. The van der Waals surface area contributed by atoms with E-state index >= 15 is 0 Å². The molecule has 5 heterocycles. The summed E-state index contributed by atoms with van der Waals surface area (Å²) in [6.07, 6.45) is 7.82. The number of hydrogen-bond acceptors (Lipinski definition) is 2. The van der Waals surface area contributed by atoms with Crippen LogP contribution in [0, 0.1) is 0 Å². The van der Waals surface area contributed by atoms with Crippen molar-refractivity contribution in [3.63, 3.8) is 0 Å². The highest BCUT2D eigenvalue weighted by Gasteiger charge is 2.34. The normalized spacial score (nSPS) is 12.6. The van der Waals surface area contributed by atoms with Crippen molar-refractivity contribution in [3.05, 3.63) is 79.0 Å². The summed E-state index contributed by atoms with van der Waals surface area (Å²) in [5.74, 6) is 0. The largest absolute Gasteiger partial charge is 0.268 e. The van der Waals surface area contributed by atoms with Crippen LogP contribution in [0.5, 0.6) is 0 Å². The lowest BCUT2D eigenvalue weighted by Crippen LogP contribution is -2.29. The Balaban J connectivity index is 1.84. The van der Waals surface area contributed by atoms with Gasteiger partial charge in [-0.3, -0.25) is 14.5 Å². The van der Waals surface area contributed by atoms with E-state index in [1.807, 2.05) is 30.7 Å². The molecule has 0 saturated carbocycles. The molecular weight excluding hydrogens is 310 g/mol. The molecule has 5 aromatic rings. The van der Waals surface area contributed by atoms with Crippen molar-refractivity contribution in [2.24, 2.45) is 0 Å². The van der Waals surface area contributed by atoms with Crippen LogP contribution >= 0.6 is 0 Å². The first-order valence-corrected chi connectivity index (χ1v) is 8.30. The van der Waals surface area contributed by atoms with Crippen LogP contribution in [0.3, 0.4) is 0 Å². The Hall–Kier alpha value is -3.47. The molecule has 0 N–H and O–H groups in total. The molecule has 25 heavy (non-hydrogen) atoms. The molecule has 1 aliphatic heterocycles. The van der Waals surface area contributed by atoms with Crippen molar-refractivity contribution in [2.45, 2.75) is 6.54 Å². The number of imidazole rings is 2. The SMILES string of the molecule is c1ccc(-n2c3cnccc3n3c[n+]4c(c23)-c2ncccc2C4)cc1. The molecule has 1 aliphatic rings. The molecule has 0 unspecified atom stereocenters. The van der Waals surface area contributed by atoms with Gasteiger partial charge in [-0.2, -0.15) is 4.40 Å². The first kappa shape index (κ1) is 12.9. The number of pyridine rings is 2. The lowest BCUT2D eigenvalue weighted by molar-refractivity contribution is -0.671. The number of aromatic nitrogens is 5. The summed E-state index contributed by atoms with van der Waals surface area (Å²) in [5.41, 5.74) is 7.99. The molecule has 6 rings (SSSR count). The summed E-state index contributed by atoms with van der Waals surface area (Å²) in [6, 6.07) is 16.7. The van der Waals surface area contributed by atoms with Crippen molar-refractivity contribution < 1.29 is 4.57 Å². The van der Waals surface area contributed by atoms with Crippen molar-refractivity contribution in [1.82, 2.24) is 18.9 Å². The maximum atomic E-state index is 4.66. The molecule has 0 atom stereocenters. The van der Waals surface area contributed by atoms with Crippen LogP contribution in [0.2, 0.25) is 0 Å². The van der Waals surface area contributed by atoms with Gasteiger partial charge in [0.15, 0.2) is 5.52 Å². The first-order chi connectivity index (χ1) is 12.4. The Morgan fingerprint density at radius 3 is 2.76 bits per heavy atom. The summed E-state index contributed by atoms with van der Waals surface area (Å²) in [4.78, 5) is 9.02. The Bertz CT molecular complexity index is 1260. The fourth-order valence-corrected chi connectivity index (χ4v) is 3.92. The molecule has 0 spiro atoms. The zero-order valence-electron chi connectivity index (χ0n) is 13.4. The lowest BCUT2D eigenvalue weighted by atomic mass is 10.2. The Labute approximate surface area is 143 Å². The average Bonchev–Trinajstić information content (AvgIpc) is 3.29. The second-order valence-electron chi connectivity index (χ2n) is 6.33. The molecule has 4 aromatic heterocycles. The first-order valence-electron chi connectivity index (χ1n) is 8.30. The third-order valence-electron chi connectivity index (χ3n) is 4.94. The maximum Gasteiger partial charge on any atom is 0.261 e. The van der Waals surface area contributed by atoms with Crippen molar-refractivity contribution in [2.75, 3.05) is 0 Å². The molecule has 118 valence electrons. The number of para-hydroxylation sites is 1. The third kappa shape index (κ3) is 1.59. The zero-order valence-corrected chi connectivity index (χ0v) is 13.4. The van der Waals surface area contributed by atoms with Gasteiger partial charge < -0.3 is 0 Å². The molecule has 1 aromatic carbocycles. The van der Waals surface area contributed by atoms with Gasteiger partial charge in [-0.25, -0.2) is 4.57 Å². The van der Waals surface area contributed by atoms with Crippen LogP contribution in [0.25, 0.3) is 33.8 Å². The summed E-state index contributed by atoms with van der Waals surface area (Å²) in [6.45, 7) is 0.863. The van der Waals surface area contributed by atoms with E-state index in [0.717, 1.165) is 40.3 Å². The summed E-state index contributed by atoms with van der Waals surface area (Å²) >= 11 is 0. The van der Waals surface area contributed by atoms with Gasteiger partial charge in [-0.05, 0) is 18.2 Å². The standard InChI is InChI=1S/C20H14N5/c1-2-6-15(7-3-1)25-17-11-21-10-8-16(17)24-13-23-12-14-5-4-9-22-18(14)19(23)20(24)25/h1-11,13H,12H2/q+1. The molecule has 0 saturated heterocycles. The predicted octanol–water partition coefficient (Wildman–Crippen LogP) is 2.99. The Morgan fingerprint density at radius 2 is 1.84 bits per heavy atom. The summed E-state index contributed by atoms with van der Waals surface area (Å²) < 4.78 is 6.81. The van der Waals surface area contributed by atoms with Crippen LogP contribution < -0.4 is 4.57 Å².